The van der Waals surface area contributed by atoms with E-state index in [9.17, 15) is 0 Å². The van der Waals surface area contributed by atoms with Gasteiger partial charge in [-0.2, -0.15) is 0 Å². The van der Waals surface area contributed by atoms with Crippen LogP contribution in [0.4, 0.5) is 0 Å². The third-order valence-corrected chi connectivity index (χ3v) is 0.535. The summed E-state index contributed by atoms with van der Waals surface area (Å²) in [6.07, 6.45) is 1.71. The van der Waals surface area contributed by atoms with Crippen molar-refractivity contribution in [3.05, 3.63) is 0 Å². The van der Waals surface area contributed by atoms with E-state index >= 15 is 0 Å². The number of hydrogen-bond acceptors (Lipinski definition) is 6. The van der Waals surface area contributed by atoms with Crippen LogP contribution in [-0.4, -0.2) is 57.7 Å². The lowest BCUT2D eigenvalue weighted by Crippen LogP contribution is -2.11. The molecule has 0 aromatic carbocycles. The predicted octanol–water partition coefficient (Wildman–Crippen LogP) is 0.329. The van der Waals surface area contributed by atoms with E-state index in [1.807, 2.05) is 12.4 Å². The molecule has 0 heterocycles. The number of aliphatic imine (C=N–C) groups is 1. The number of aliphatic carboxylic acids is 3. The third-order valence-electron chi connectivity index (χ3n) is 0.535. The van der Waals surface area contributed by atoms with Gasteiger partial charge in [-0.05, 0) is 13.1 Å². The fourth-order valence-electron chi connectivity index (χ4n) is 0.244. The molecule has 0 rings (SSSR count). The number of hydroxylamine groups is 1. The van der Waals surface area contributed by atoms with Gasteiger partial charge in [0.1, 0.15) is 0 Å². The largest absolute Gasteiger partial charge is 0.481 e. The lowest BCUT2D eigenvalue weighted by atomic mass is 10.7. The van der Waals surface area contributed by atoms with Crippen molar-refractivity contribution in [2.75, 3.05) is 13.1 Å². The first-order chi connectivity index (χ1) is 8.61. The molecule has 9 nitrogen and oxygen atoms in total. The number of carboxylic acid groups (broad SMARTS) is 3. The highest BCUT2D eigenvalue weighted by molar-refractivity contribution is 5.63. The normalized spacial score (nSPS) is 7.84. The van der Waals surface area contributed by atoms with Gasteiger partial charge >= 0.3 is 0 Å². The molecular weight excluding hydrogens is 260 g/mol. The van der Waals surface area contributed by atoms with Gasteiger partial charge in [0, 0.05) is 27.3 Å². The first kappa shape index (κ1) is 25.8. The smallest absolute Gasteiger partial charge is 0.300 e. The number of hydrogen-bond donors (Lipinski definition) is 5. The molecule has 0 radical (unpaired) electrons. The zero-order valence-corrected chi connectivity index (χ0v) is 11.5. The molecule has 0 bridgehead atoms. The molecule has 0 fully saturated rings. The van der Waals surface area contributed by atoms with E-state index in [4.69, 9.17) is 34.9 Å². The van der Waals surface area contributed by atoms with Crippen LogP contribution < -0.4 is 5.48 Å². The van der Waals surface area contributed by atoms with Crippen LogP contribution in [0.3, 0.4) is 0 Å². The van der Waals surface area contributed by atoms with Crippen molar-refractivity contribution >= 4 is 24.1 Å². The number of carboxylic acids is 3. The van der Waals surface area contributed by atoms with E-state index in [0.29, 0.717) is 13.1 Å². The van der Waals surface area contributed by atoms with Gasteiger partial charge in [0.05, 0.1) is 6.54 Å². The average Bonchev–Trinajstić information content (AvgIpc) is 2.15. The number of carbonyl (C=O) groups is 3. The van der Waals surface area contributed by atoms with E-state index < -0.39 is 17.9 Å². The molecule has 0 aromatic heterocycles. The summed E-state index contributed by atoms with van der Waals surface area (Å²) in [6.45, 7) is 6.27. The molecular formula is C10H22N2O7. The molecule has 0 atom stereocenters. The van der Waals surface area contributed by atoms with Crippen molar-refractivity contribution in [1.82, 2.24) is 5.48 Å². The number of nitrogens with zero attached hydrogens (tertiary/aromatic N) is 1. The zero-order chi connectivity index (χ0) is 16.3. The van der Waals surface area contributed by atoms with Gasteiger partial charge in [-0.3, -0.25) is 19.4 Å². The van der Waals surface area contributed by atoms with Crippen molar-refractivity contribution in [3.8, 4) is 0 Å². The first-order valence-electron chi connectivity index (χ1n) is 5.01. The second-order valence-corrected chi connectivity index (χ2v) is 2.63. The van der Waals surface area contributed by atoms with Crippen molar-refractivity contribution in [2.45, 2.75) is 27.7 Å². The molecule has 0 spiro atoms. The second-order valence-electron chi connectivity index (χ2n) is 2.63. The Balaban J connectivity index is -0.0000000825. The molecule has 0 aliphatic carbocycles. The standard InChI is InChI=1S/C4H10N2O.3C2H4O2/c1-2-5-3-4-6-7;3*1-2(3)4/h2,6-7H,3-4H2,1H3;3*1H3,(H,3,4). The van der Waals surface area contributed by atoms with Gasteiger partial charge in [0.2, 0.25) is 0 Å². The van der Waals surface area contributed by atoms with Crippen molar-refractivity contribution in [3.63, 3.8) is 0 Å². The van der Waals surface area contributed by atoms with E-state index in [-0.39, 0.29) is 0 Å². The lowest BCUT2D eigenvalue weighted by Gasteiger charge is -1.87. The second kappa shape index (κ2) is 25.0. The molecule has 0 saturated heterocycles. The van der Waals surface area contributed by atoms with E-state index in [1.165, 1.54) is 0 Å². The summed E-state index contributed by atoms with van der Waals surface area (Å²) in [4.78, 5) is 30.8. The van der Waals surface area contributed by atoms with Gasteiger partial charge in [-0.15, -0.1) is 0 Å². The molecule has 0 aliphatic rings. The molecule has 114 valence electrons. The van der Waals surface area contributed by atoms with Gasteiger partial charge in [0.25, 0.3) is 17.9 Å². The maximum atomic E-state index is 9.00. The molecule has 9 heteroatoms. The van der Waals surface area contributed by atoms with E-state index in [2.05, 4.69) is 4.99 Å². The van der Waals surface area contributed by atoms with Crippen LogP contribution in [0.15, 0.2) is 4.99 Å². The fourth-order valence-corrected chi connectivity index (χ4v) is 0.244. The Labute approximate surface area is 111 Å². The lowest BCUT2D eigenvalue weighted by molar-refractivity contribution is -0.135. The molecule has 19 heavy (non-hydrogen) atoms. The summed E-state index contributed by atoms with van der Waals surface area (Å²) in [6, 6.07) is 0. The molecule has 0 amide bonds. The highest BCUT2D eigenvalue weighted by atomic mass is 16.5. The monoisotopic (exact) mass is 282 g/mol. The Morgan fingerprint density at radius 1 is 1.00 bits per heavy atom. The Morgan fingerprint density at radius 3 is 1.42 bits per heavy atom. The van der Waals surface area contributed by atoms with E-state index in [0.717, 1.165) is 20.8 Å². The molecule has 5 N–H and O–H groups in total. The van der Waals surface area contributed by atoms with Crippen LogP contribution in [0.2, 0.25) is 0 Å². The summed E-state index contributed by atoms with van der Waals surface area (Å²) in [7, 11) is 0. The van der Waals surface area contributed by atoms with Crippen molar-refractivity contribution < 1.29 is 34.9 Å². The Bertz CT molecular complexity index is 214. The first-order valence-corrected chi connectivity index (χ1v) is 5.01. The number of rotatable bonds is 3. The van der Waals surface area contributed by atoms with Crippen LogP contribution in [0.1, 0.15) is 27.7 Å². The third kappa shape index (κ3) is 784. The quantitative estimate of drug-likeness (QED) is 0.281. The SMILES string of the molecule is CC(=O)O.CC(=O)O.CC(=O)O.CC=NCCNO. The predicted molar refractivity (Wildman–Crippen MR) is 68.8 cm³/mol. The summed E-state index contributed by atoms with van der Waals surface area (Å²) < 4.78 is 0. The van der Waals surface area contributed by atoms with Crippen LogP contribution >= 0.6 is 0 Å². The number of nitrogens with one attached hydrogen (secondary N) is 1. The zero-order valence-electron chi connectivity index (χ0n) is 11.5. The van der Waals surface area contributed by atoms with Crippen LogP contribution in [0.5, 0.6) is 0 Å². The average molecular weight is 282 g/mol. The maximum absolute atomic E-state index is 9.00. The highest BCUT2D eigenvalue weighted by Crippen LogP contribution is 1.60. The molecule has 0 aromatic rings. The summed E-state index contributed by atoms with van der Waals surface area (Å²) in [5, 5.41) is 30.2. The van der Waals surface area contributed by atoms with Gasteiger partial charge in [0.15, 0.2) is 0 Å². The summed E-state index contributed by atoms with van der Waals surface area (Å²) in [5.41, 5.74) is 1.99. The van der Waals surface area contributed by atoms with Gasteiger partial charge < -0.3 is 20.5 Å². The maximum Gasteiger partial charge on any atom is 0.300 e. The summed E-state index contributed by atoms with van der Waals surface area (Å²) in [5.74, 6) is -2.50. The fraction of sp³-hybridized carbons (Fsp3) is 0.600. The van der Waals surface area contributed by atoms with Crippen molar-refractivity contribution in [1.29, 1.82) is 0 Å². The Kier molecular flexibility index (Phi) is 33.9. The highest BCUT2D eigenvalue weighted by Gasteiger charge is 1.72. The van der Waals surface area contributed by atoms with E-state index in [1.54, 1.807) is 6.21 Å². The minimum absolute atomic E-state index is 0.532. The molecule has 0 unspecified atom stereocenters. The minimum Gasteiger partial charge on any atom is -0.481 e. The Morgan fingerprint density at radius 2 is 1.26 bits per heavy atom. The topological polar surface area (TPSA) is 157 Å². The van der Waals surface area contributed by atoms with Crippen LogP contribution in [0.25, 0.3) is 0 Å². The van der Waals surface area contributed by atoms with Crippen LogP contribution in [0, 0.1) is 0 Å². The van der Waals surface area contributed by atoms with Gasteiger partial charge in [-0.25, -0.2) is 5.48 Å². The molecule has 0 aliphatic heterocycles. The van der Waals surface area contributed by atoms with Crippen LogP contribution in [-0.2, 0) is 14.4 Å². The van der Waals surface area contributed by atoms with Crippen molar-refractivity contribution in [2.24, 2.45) is 4.99 Å². The minimum atomic E-state index is -0.833. The Hall–Kier alpha value is -2.00. The molecule has 0 saturated carbocycles. The summed E-state index contributed by atoms with van der Waals surface area (Å²) >= 11 is 0. The van der Waals surface area contributed by atoms with Gasteiger partial charge in [-0.1, -0.05) is 0 Å².